The molecule has 0 unspecified atom stereocenters. The van der Waals surface area contributed by atoms with Gasteiger partial charge in [0.15, 0.2) is 0 Å². The van der Waals surface area contributed by atoms with E-state index in [-0.39, 0.29) is 5.56 Å². The lowest BCUT2D eigenvalue weighted by Gasteiger charge is -2.26. The highest BCUT2D eigenvalue weighted by molar-refractivity contribution is 5.22. The topological polar surface area (TPSA) is 36.1 Å². The molecule has 3 nitrogen and oxygen atoms in total. The Hall–Kier alpha value is -1.09. The molecule has 2 rings (SSSR count). The van der Waals surface area contributed by atoms with Crippen LogP contribution in [0.4, 0.5) is 0 Å². The molecule has 0 fully saturated rings. The molecule has 1 aliphatic heterocycles. The van der Waals surface area contributed by atoms with E-state index < -0.39 is 0 Å². The molecule has 0 aromatic carbocycles. The summed E-state index contributed by atoms with van der Waals surface area (Å²) in [6.07, 6.45) is 1.06. The van der Waals surface area contributed by atoms with Crippen molar-refractivity contribution in [1.29, 1.82) is 0 Å². The first-order valence-corrected chi connectivity index (χ1v) is 4.73. The van der Waals surface area contributed by atoms with Crippen molar-refractivity contribution in [3.8, 4) is 0 Å². The fourth-order valence-corrected chi connectivity index (χ4v) is 1.77. The van der Waals surface area contributed by atoms with Crippen molar-refractivity contribution < 1.29 is 0 Å². The monoisotopic (exact) mass is 178 g/mol. The van der Waals surface area contributed by atoms with Gasteiger partial charge in [0.25, 0.3) is 0 Å². The van der Waals surface area contributed by atoms with E-state index in [0.29, 0.717) is 0 Å². The van der Waals surface area contributed by atoms with Crippen LogP contribution in [-0.4, -0.2) is 23.0 Å². The third-order valence-corrected chi connectivity index (χ3v) is 2.62. The van der Waals surface area contributed by atoms with Crippen molar-refractivity contribution >= 4 is 0 Å². The second-order valence-corrected chi connectivity index (χ2v) is 3.45. The van der Waals surface area contributed by atoms with Gasteiger partial charge in [0.2, 0.25) is 5.56 Å². The number of aromatic nitrogens is 1. The zero-order chi connectivity index (χ0) is 9.26. The molecule has 0 saturated carbocycles. The summed E-state index contributed by atoms with van der Waals surface area (Å²) in [5, 5.41) is 0. The molecule has 0 spiro atoms. The Labute approximate surface area is 77.4 Å². The largest absolute Gasteiger partial charge is 0.325 e. The Morgan fingerprint density at radius 2 is 2.38 bits per heavy atom. The number of nitrogens with one attached hydrogen (secondary N) is 1. The Morgan fingerprint density at radius 3 is 3.15 bits per heavy atom. The quantitative estimate of drug-likeness (QED) is 0.689. The van der Waals surface area contributed by atoms with E-state index in [2.05, 4.69) is 16.8 Å². The Bertz CT molecular complexity index is 356. The van der Waals surface area contributed by atoms with E-state index in [4.69, 9.17) is 0 Å². The average Bonchev–Trinajstić information content (AvgIpc) is 2.16. The second kappa shape index (κ2) is 3.34. The van der Waals surface area contributed by atoms with E-state index in [1.165, 1.54) is 5.56 Å². The van der Waals surface area contributed by atoms with E-state index in [1.54, 1.807) is 6.07 Å². The van der Waals surface area contributed by atoms with Crippen molar-refractivity contribution in [1.82, 2.24) is 9.88 Å². The lowest BCUT2D eigenvalue weighted by molar-refractivity contribution is 0.263. The summed E-state index contributed by atoms with van der Waals surface area (Å²) in [6, 6.07) is 3.56. The van der Waals surface area contributed by atoms with Crippen LogP contribution in [0.5, 0.6) is 0 Å². The van der Waals surface area contributed by atoms with Crippen LogP contribution in [0.2, 0.25) is 0 Å². The molecule has 0 amide bonds. The lowest BCUT2D eigenvalue weighted by Crippen LogP contribution is -2.32. The third-order valence-electron chi connectivity index (χ3n) is 2.62. The Morgan fingerprint density at radius 1 is 1.54 bits per heavy atom. The van der Waals surface area contributed by atoms with Gasteiger partial charge in [-0.2, -0.15) is 0 Å². The summed E-state index contributed by atoms with van der Waals surface area (Å²) in [4.78, 5) is 16.3. The second-order valence-electron chi connectivity index (χ2n) is 3.45. The van der Waals surface area contributed by atoms with Gasteiger partial charge in [0.1, 0.15) is 0 Å². The Kier molecular flexibility index (Phi) is 2.19. The van der Waals surface area contributed by atoms with Gasteiger partial charge in [-0.3, -0.25) is 9.69 Å². The summed E-state index contributed by atoms with van der Waals surface area (Å²) < 4.78 is 0. The SMILES string of the molecule is CCN1CCc2ccc(=O)[nH]c2C1. The van der Waals surface area contributed by atoms with E-state index >= 15 is 0 Å². The molecule has 3 heteroatoms. The number of hydrogen-bond acceptors (Lipinski definition) is 2. The number of aromatic amines is 1. The van der Waals surface area contributed by atoms with Crippen LogP contribution in [0.25, 0.3) is 0 Å². The van der Waals surface area contributed by atoms with E-state index in [9.17, 15) is 4.79 Å². The molecular weight excluding hydrogens is 164 g/mol. The van der Waals surface area contributed by atoms with Crippen molar-refractivity contribution in [2.75, 3.05) is 13.1 Å². The van der Waals surface area contributed by atoms with Gasteiger partial charge < -0.3 is 4.98 Å². The first kappa shape index (κ1) is 8.51. The predicted octanol–water partition coefficient (Wildman–Crippen LogP) is 0.753. The number of H-pyrrole nitrogens is 1. The van der Waals surface area contributed by atoms with Crippen LogP contribution < -0.4 is 5.56 Å². The zero-order valence-corrected chi connectivity index (χ0v) is 7.84. The molecule has 70 valence electrons. The van der Waals surface area contributed by atoms with Crippen LogP contribution in [0.1, 0.15) is 18.2 Å². The Balaban J connectivity index is 2.32. The molecule has 13 heavy (non-hydrogen) atoms. The molecule has 0 bridgehead atoms. The molecule has 1 N–H and O–H groups in total. The summed E-state index contributed by atoms with van der Waals surface area (Å²) in [6.45, 7) is 5.19. The van der Waals surface area contributed by atoms with E-state index in [0.717, 1.165) is 31.7 Å². The van der Waals surface area contributed by atoms with Gasteiger partial charge in [-0.1, -0.05) is 13.0 Å². The normalized spacial score (nSPS) is 17.0. The average molecular weight is 178 g/mol. The predicted molar refractivity (Wildman–Crippen MR) is 51.7 cm³/mol. The molecule has 1 aromatic rings. The molecule has 0 aliphatic carbocycles. The van der Waals surface area contributed by atoms with Gasteiger partial charge >= 0.3 is 0 Å². The molecule has 1 aliphatic rings. The summed E-state index contributed by atoms with van der Waals surface area (Å²) in [5.74, 6) is 0. The standard InChI is InChI=1S/C10H14N2O/c1-2-12-6-5-8-3-4-10(13)11-9(8)7-12/h3-4H,2,5-7H2,1H3,(H,11,13). The molecule has 0 atom stereocenters. The van der Waals surface area contributed by atoms with Gasteiger partial charge in [-0.05, 0) is 18.5 Å². The lowest BCUT2D eigenvalue weighted by atomic mass is 10.1. The van der Waals surface area contributed by atoms with Crippen molar-refractivity contribution in [3.63, 3.8) is 0 Å². The highest BCUT2D eigenvalue weighted by Gasteiger charge is 2.14. The molecule has 0 radical (unpaired) electrons. The number of rotatable bonds is 1. The van der Waals surface area contributed by atoms with Crippen LogP contribution >= 0.6 is 0 Å². The van der Waals surface area contributed by atoms with Gasteiger partial charge in [0.05, 0.1) is 0 Å². The number of hydrogen-bond donors (Lipinski definition) is 1. The van der Waals surface area contributed by atoms with Crippen molar-refractivity contribution in [2.45, 2.75) is 19.9 Å². The number of fused-ring (bicyclic) bond motifs is 1. The van der Waals surface area contributed by atoms with Crippen molar-refractivity contribution in [2.24, 2.45) is 0 Å². The number of pyridine rings is 1. The van der Waals surface area contributed by atoms with Gasteiger partial charge in [-0.15, -0.1) is 0 Å². The maximum Gasteiger partial charge on any atom is 0.248 e. The minimum atomic E-state index is 0.0108. The zero-order valence-electron chi connectivity index (χ0n) is 7.84. The number of likely N-dealkylation sites (N-methyl/N-ethyl adjacent to an activating group) is 1. The molecule has 0 saturated heterocycles. The maximum atomic E-state index is 11.1. The smallest absolute Gasteiger partial charge is 0.248 e. The van der Waals surface area contributed by atoms with Crippen molar-refractivity contribution in [3.05, 3.63) is 33.7 Å². The first-order chi connectivity index (χ1) is 6.29. The van der Waals surface area contributed by atoms with Crippen LogP contribution in [-0.2, 0) is 13.0 Å². The van der Waals surface area contributed by atoms with Crippen LogP contribution in [0.3, 0.4) is 0 Å². The minimum absolute atomic E-state index is 0.0108. The fraction of sp³-hybridized carbons (Fsp3) is 0.500. The minimum Gasteiger partial charge on any atom is -0.325 e. The number of nitrogens with zero attached hydrogens (tertiary/aromatic N) is 1. The van der Waals surface area contributed by atoms with Crippen LogP contribution in [0.15, 0.2) is 16.9 Å². The highest BCUT2D eigenvalue weighted by Crippen LogP contribution is 2.14. The first-order valence-electron chi connectivity index (χ1n) is 4.73. The maximum absolute atomic E-state index is 11.1. The molecule has 2 heterocycles. The summed E-state index contributed by atoms with van der Waals surface area (Å²) in [7, 11) is 0. The molecular formula is C10H14N2O. The van der Waals surface area contributed by atoms with Gasteiger partial charge in [0, 0.05) is 24.8 Å². The van der Waals surface area contributed by atoms with E-state index in [1.807, 2.05) is 6.07 Å². The third kappa shape index (κ3) is 1.65. The fourth-order valence-electron chi connectivity index (χ4n) is 1.77. The van der Waals surface area contributed by atoms with Gasteiger partial charge in [-0.25, -0.2) is 0 Å². The molecule has 1 aromatic heterocycles. The van der Waals surface area contributed by atoms with Crippen LogP contribution in [0, 0.1) is 0 Å². The highest BCUT2D eigenvalue weighted by atomic mass is 16.1. The summed E-state index contributed by atoms with van der Waals surface area (Å²) in [5.41, 5.74) is 2.40. The summed E-state index contributed by atoms with van der Waals surface area (Å²) >= 11 is 0.